The van der Waals surface area contributed by atoms with Gasteiger partial charge in [0.2, 0.25) is 5.76 Å². The Morgan fingerprint density at radius 3 is 2.41 bits per heavy atom. The number of carboxylic acid groups (broad SMARTS) is 1. The van der Waals surface area contributed by atoms with Crippen molar-refractivity contribution in [2.75, 3.05) is 0 Å². The summed E-state index contributed by atoms with van der Waals surface area (Å²) < 4.78 is 54.6. The van der Waals surface area contributed by atoms with Gasteiger partial charge in [-0.3, -0.25) is 4.79 Å². The molecule has 11 heteroatoms. The molecule has 1 atom stereocenters. The third-order valence-electron chi connectivity index (χ3n) is 6.89. The molecule has 0 radical (unpaired) electrons. The molecule has 1 saturated carbocycles. The fourth-order valence-corrected chi connectivity index (χ4v) is 4.44. The van der Waals surface area contributed by atoms with E-state index in [1.807, 2.05) is 0 Å². The fraction of sp³-hybridized carbons (Fsp3) is 0.500. The number of benzene rings is 1. The molecule has 2 aromatic heterocycles. The van der Waals surface area contributed by atoms with Crippen molar-refractivity contribution in [3.63, 3.8) is 0 Å². The van der Waals surface area contributed by atoms with Crippen LogP contribution >= 0.6 is 0 Å². The Morgan fingerprint density at radius 1 is 1.13 bits per heavy atom. The minimum atomic E-state index is -3.30. The van der Waals surface area contributed by atoms with E-state index in [9.17, 15) is 27.9 Å². The third kappa shape index (κ3) is 7.02. The van der Waals surface area contributed by atoms with E-state index in [0.717, 1.165) is 24.5 Å². The van der Waals surface area contributed by atoms with Crippen LogP contribution in [0, 0.1) is 18.2 Å². The van der Waals surface area contributed by atoms with E-state index in [4.69, 9.17) is 9.05 Å². The normalized spacial score (nSPS) is 14.6. The van der Waals surface area contributed by atoms with Gasteiger partial charge in [-0.05, 0) is 55.7 Å². The number of rotatable bonds is 11. The first-order valence-electron chi connectivity index (χ1n) is 12.6. The molecule has 3 aromatic rings. The largest absolute Gasteiger partial charge is 1.00 e. The monoisotopic (exact) mass is 554 g/mol. The summed E-state index contributed by atoms with van der Waals surface area (Å²) in [7, 11) is 0. The van der Waals surface area contributed by atoms with Crippen molar-refractivity contribution in [1.82, 2.24) is 10.3 Å². The number of carboxylic acids is 1. The average molecular weight is 555 g/mol. The molecule has 1 aliphatic rings. The molecule has 1 fully saturated rings. The third-order valence-corrected chi connectivity index (χ3v) is 6.89. The maximum atomic E-state index is 14.8. The molecular weight excluding hydrogens is 524 g/mol. The zero-order valence-corrected chi connectivity index (χ0v) is 24.8. The Kier molecular flexibility index (Phi) is 9.55. The van der Waals surface area contributed by atoms with Crippen molar-refractivity contribution in [3.05, 3.63) is 58.2 Å². The van der Waals surface area contributed by atoms with Crippen molar-refractivity contribution in [3.8, 4) is 11.5 Å². The van der Waals surface area contributed by atoms with Crippen LogP contribution in [-0.2, 0) is 21.9 Å². The second-order valence-electron chi connectivity index (χ2n) is 11.1. The van der Waals surface area contributed by atoms with Gasteiger partial charge in [0, 0.05) is 41.8 Å². The Labute approximate surface area is 246 Å². The summed E-state index contributed by atoms with van der Waals surface area (Å²) in [6.45, 7) is 5.91. The number of hydrogen-bond donors (Lipinski definition) is 0. The van der Waals surface area contributed by atoms with E-state index in [1.54, 1.807) is 19.1 Å². The topological polar surface area (TPSA) is 109 Å². The van der Waals surface area contributed by atoms with Gasteiger partial charge in [0.1, 0.15) is 11.6 Å². The van der Waals surface area contributed by atoms with Gasteiger partial charge >= 0.3 is 35.5 Å². The van der Waals surface area contributed by atoms with Crippen LogP contribution < -0.4 is 34.7 Å². The molecule has 4 rings (SSSR count). The molecule has 1 aliphatic carbocycles. The zero-order chi connectivity index (χ0) is 27.8. The summed E-state index contributed by atoms with van der Waals surface area (Å²) in [5.41, 5.74) is 0.609. The van der Waals surface area contributed by atoms with E-state index in [-0.39, 0.29) is 84.0 Å². The van der Waals surface area contributed by atoms with Crippen LogP contribution in [0.15, 0.2) is 33.3 Å². The summed E-state index contributed by atoms with van der Waals surface area (Å²) in [5.74, 6) is -6.45. The molecule has 0 bridgehead atoms. The summed E-state index contributed by atoms with van der Waals surface area (Å²) in [6.07, 6.45) is 1.04. The van der Waals surface area contributed by atoms with Gasteiger partial charge in [-0.25, -0.2) is 4.39 Å². The summed E-state index contributed by atoms with van der Waals surface area (Å²) in [6, 6.07) is 5.74. The van der Waals surface area contributed by atoms with E-state index in [1.165, 1.54) is 26.8 Å². The van der Waals surface area contributed by atoms with Gasteiger partial charge in [0.15, 0.2) is 11.5 Å². The second-order valence-corrected chi connectivity index (χ2v) is 11.1. The molecular formula is C28H30F3N2NaO5. The van der Waals surface area contributed by atoms with Crippen molar-refractivity contribution in [1.29, 1.82) is 0 Å². The zero-order valence-electron chi connectivity index (χ0n) is 22.8. The standard InChI is InChI=1S/C28H31F3N2O5.Na/c1-15-5-6-17(20(29)11-15)12-19(34)13-18(9-10-23(35)36)25-24(16-7-8-16)26(38-33-25)21-14-22(37-32-21)28(30,31)27(2,3)4;/h5-6,11,14,16,18H,7-10,12-13H2,1-4H3,(H,35,36);/q;+1/p-1/t18-;/m0./s1. The smallest absolute Gasteiger partial charge is 0.550 e. The Morgan fingerprint density at radius 2 is 1.82 bits per heavy atom. The Hall–Kier alpha value is -2.43. The predicted octanol–water partition coefficient (Wildman–Crippen LogP) is 2.61. The maximum absolute atomic E-state index is 14.8. The van der Waals surface area contributed by atoms with Gasteiger partial charge in [-0.1, -0.05) is 43.2 Å². The molecule has 0 unspecified atom stereocenters. The Bertz CT molecular complexity index is 1340. The average Bonchev–Trinajstić information content (AvgIpc) is 3.35. The molecule has 0 N–H and O–H groups in total. The van der Waals surface area contributed by atoms with Gasteiger partial charge < -0.3 is 18.9 Å². The predicted molar refractivity (Wildman–Crippen MR) is 129 cm³/mol. The van der Waals surface area contributed by atoms with Crippen LogP contribution in [0.5, 0.6) is 0 Å². The van der Waals surface area contributed by atoms with Crippen LogP contribution in [0.4, 0.5) is 13.2 Å². The van der Waals surface area contributed by atoms with Crippen LogP contribution in [0.2, 0.25) is 0 Å². The molecule has 0 amide bonds. The van der Waals surface area contributed by atoms with Crippen LogP contribution in [0.25, 0.3) is 11.5 Å². The van der Waals surface area contributed by atoms with E-state index in [2.05, 4.69) is 10.3 Å². The van der Waals surface area contributed by atoms with Crippen LogP contribution in [0.1, 0.15) is 92.9 Å². The van der Waals surface area contributed by atoms with E-state index >= 15 is 0 Å². The van der Waals surface area contributed by atoms with Crippen LogP contribution in [0.3, 0.4) is 0 Å². The molecule has 7 nitrogen and oxygen atoms in total. The van der Waals surface area contributed by atoms with E-state index < -0.39 is 34.8 Å². The number of aryl methyl sites for hydroxylation is 1. The number of aliphatic carboxylic acids is 1. The quantitative estimate of drug-likeness (QED) is 0.335. The molecule has 204 valence electrons. The fourth-order valence-electron chi connectivity index (χ4n) is 4.44. The number of halogens is 3. The molecule has 0 aliphatic heterocycles. The van der Waals surface area contributed by atoms with Gasteiger partial charge in [-0.2, -0.15) is 8.78 Å². The van der Waals surface area contributed by atoms with Gasteiger partial charge in [-0.15, -0.1) is 0 Å². The number of aromatic nitrogens is 2. The maximum Gasteiger partial charge on any atom is 1.00 e. The summed E-state index contributed by atoms with van der Waals surface area (Å²) in [5, 5.41) is 19.2. The number of alkyl halides is 2. The SMILES string of the molecule is Cc1ccc(CC(=O)C[C@H](CCC(=O)[O-])c2noc(-c3cc(C(F)(F)C(C)(C)C)on3)c2C2CC2)c(F)c1.[Na+]. The molecule has 0 spiro atoms. The number of ketones is 1. The first-order chi connectivity index (χ1) is 17.8. The first kappa shape index (κ1) is 31.1. The second kappa shape index (κ2) is 12.0. The number of Topliss-reactive ketones (excluding diaryl/α,β-unsaturated/α-hetero) is 1. The molecule has 1 aromatic carbocycles. The van der Waals surface area contributed by atoms with E-state index in [0.29, 0.717) is 11.3 Å². The number of nitrogens with zero attached hydrogens (tertiary/aromatic N) is 2. The molecule has 39 heavy (non-hydrogen) atoms. The summed E-state index contributed by atoms with van der Waals surface area (Å²) in [4.78, 5) is 24.2. The Balaban J connectivity index is 0.00000420. The van der Waals surface area contributed by atoms with Crippen molar-refractivity contribution < 1.29 is 66.5 Å². The van der Waals surface area contributed by atoms with Crippen molar-refractivity contribution in [2.45, 2.75) is 84.0 Å². The summed E-state index contributed by atoms with van der Waals surface area (Å²) >= 11 is 0. The minimum absolute atomic E-state index is 0. The van der Waals surface area contributed by atoms with Crippen LogP contribution in [-0.4, -0.2) is 22.1 Å². The number of carbonyl (C=O) groups is 2. The van der Waals surface area contributed by atoms with Gasteiger partial charge in [0.25, 0.3) is 0 Å². The molecule has 2 heterocycles. The minimum Gasteiger partial charge on any atom is -0.550 e. The molecule has 0 saturated heterocycles. The number of carbonyl (C=O) groups excluding carboxylic acids is 2. The number of hydrogen-bond acceptors (Lipinski definition) is 7. The first-order valence-corrected chi connectivity index (χ1v) is 12.6. The van der Waals surface area contributed by atoms with Crippen molar-refractivity contribution >= 4 is 11.8 Å². The van der Waals surface area contributed by atoms with Crippen molar-refractivity contribution in [2.24, 2.45) is 5.41 Å². The van der Waals surface area contributed by atoms with Gasteiger partial charge in [0.05, 0.1) is 5.69 Å².